The van der Waals surface area contributed by atoms with Gasteiger partial charge >= 0.3 is 0 Å². The SMILES string of the molecule is CCc1nn(C)cc1-c1nc2cc(N)ccc2o1. The van der Waals surface area contributed by atoms with Gasteiger partial charge in [0.25, 0.3) is 0 Å². The number of fused-ring (bicyclic) bond motifs is 1. The zero-order valence-corrected chi connectivity index (χ0v) is 10.3. The molecule has 1 aromatic carbocycles. The first kappa shape index (κ1) is 10.8. The first-order chi connectivity index (χ1) is 8.67. The maximum Gasteiger partial charge on any atom is 0.230 e. The second-order valence-corrected chi connectivity index (χ2v) is 4.26. The molecule has 0 atom stereocenters. The smallest absolute Gasteiger partial charge is 0.230 e. The molecule has 2 heterocycles. The summed E-state index contributed by atoms with van der Waals surface area (Å²) in [5.74, 6) is 0.598. The minimum atomic E-state index is 0.598. The van der Waals surface area contributed by atoms with Crippen molar-refractivity contribution < 1.29 is 4.42 Å². The average molecular weight is 242 g/mol. The van der Waals surface area contributed by atoms with E-state index in [4.69, 9.17) is 10.2 Å². The van der Waals surface area contributed by atoms with E-state index in [2.05, 4.69) is 17.0 Å². The summed E-state index contributed by atoms with van der Waals surface area (Å²) in [7, 11) is 1.89. The number of nitrogens with two attached hydrogens (primary N) is 1. The molecule has 0 aliphatic heterocycles. The lowest BCUT2D eigenvalue weighted by atomic mass is 10.2. The quantitative estimate of drug-likeness (QED) is 0.700. The highest BCUT2D eigenvalue weighted by Crippen LogP contribution is 2.27. The Morgan fingerprint density at radius 1 is 1.39 bits per heavy atom. The monoisotopic (exact) mass is 242 g/mol. The van der Waals surface area contributed by atoms with E-state index in [0.29, 0.717) is 11.6 Å². The third kappa shape index (κ3) is 1.64. The first-order valence-corrected chi connectivity index (χ1v) is 5.86. The van der Waals surface area contributed by atoms with Gasteiger partial charge in [0, 0.05) is 18.9 Å². The number of aryl methyl sites for hydroxylation is 2. The molecular formula is C13H14N4O. The van der Waals surface area contributed by atoms with Gasteiger partial charge in [0.2, 0.25) is 5.89 Å². The Morgan fingerprint density at radius 2 is 2.22 bits per heavy atom. The minimum absolute atomic E-state index is 0.598. The summed E-state index contributed by atoms with van der Waals surface area (Å²) < 4.78 is 7.52. The summed E-state index contributed by atoms with van der Waals surface area (Å²) in [6, 6.07) is 5.45. The number of nitrogens with zero attached hydrogens (tertiary/aromatic N) is 3. The molecule has 92 valence electrons. The summed E-state index contributed by atoms with van der Waals surface area (Å²) in [6.45, 7) is 2.06. The molecule has 0 bridgehead atoms. The molecule has 2 aromatic heterocycles. The third-order valence-corrected chi connectivity index (χ3v) is 2.88. The number of anilines is 1. The first-order valence-electron chi connectivity index (χ1n) is 5.86. The van der Waals surface area contributed by atoms with Crippen LogP contribution in [0, 0.1) is 0 Å². The molecule has 5 heteroatoms. The molecule has 0 saturated carbocycles. The fourth-order valence-corrected chi connectivity index (χ4v) is 2.03. The van der Waals surface area contributed by atoms with Gasteiger partial charge in [0.1, 0.15) is 5.52 Å². The molecule has 0 saturated heterocycles. The van der Waals surface area contributed by atoms with E-state index in [1.54, 1.807) is 10.7 Å². The summed E-state index contributed by atoms with van der Waals surface area (Å²) in [4.78, 5) is 4.47. The van der Waals surface area contributed by atoms with Gasteiger partial charge in [0.05, 0.1) is 11.3 Å². The lowest BCUT2D eigenvalue weighted by Gasteiger charge is -1.91. The molecule has 3 rings (SSSR count). The van der Waals surface area contributed by atoms with Gasteiger partial charge in [0.15, 0.2) is 5.58 Å². The number of hydrogen-bond donors (Lipinski definition) is 1. The molecule has 0 amide bonds. The van der Waals surface area contributed by atoms with Crippen molar-refractivity contribution in [1.29, 1.82) is 0 Å². The van der Waals surface area contributed by atoms with Crippen LogP contribution in [0.4, 0.5) is 5.69 Å². The zero-order valence-electron chi connectivity index (χ0n) is 10.3. The Labute approximate surface area is 104 Å². The Balaban J connectivity index is 2.18. The molecule has 5 nitrogen and oxygen atoms in total. The maximum atomic E-state index is 5.74. The van der Waals surface area contributed by atoms with Crippen LogP contribution >= 0.6 is 0 Å². The van der Waals surface area contributed by atoms with Crippen molar-refractivity contribution in [3.8, 4) is 11.5 Å². The van der Waals surface area contributed by atoms with Gasteiger partial charge in [-0.05, 0) is 24.6 Å². The van der Waals surface area contributed by atoms with Crippen LogP contribution in [0.25, 0.3) is 22.6 Å². The molecule has 0 unspecified atom stereocenters. The summed E-state index contributed by atoms with van der Waals surface area (Å²) >= 11 is 0. The van der Waals surface area contributed by atoms with Crippen molar-refractivity contribution >= 4 is 16.8 Å². The molecule has 0 fully saturated rings. The van der Waals surface area contributed by atoms with Crippen molar-refractivity contribution in [3.63, 3.8) is 0 Å². The molecule has 3 aromatic rings. The van der Waals surface area contributed by atoms with E-state index in [1.165, 1.54) is 0 Å². The second kappa shape index (κ2) is 3.87. The molecule has 18 heavy (non-hydrogen) atoms. The van der Waals surface area contributed by atoms with E-state index in [1.807, 2.05) is 25.4 Å². The number of aromatic nitrogens is 3. The molecule has 0 aliphatic carbocycles. The predicted octanol–water partition coefficient (Wildman–Crippen LogP) is 2.37. The fraction of sp³-hybridized carbons (Fsp3) is 0.231. The number of benzene rings is 1. The van der Waals surface area contributed by atoms with Crippen molar-refractivity contribution in [2.75, 3.05) is 5.73 Å². The molecule has 0 radical (unpaired) electrons. The topological polar surface area (TPSA) is 69.9 Å². The molecule has 0 spiro atoms. The Kier molecular flexibility index (Phi) is 2.33. The molecule has 2 N–H and O–H groups in total. The molecular weight excluding hydrogens is 228 g/mol. The largest absolute Gasteiger partial charge is 0.436 e. The van der Waals surface area contributed by atoms with Crippen LogP contribution in [0.15, 0.2) is 28.8 Å². The van der Waals surface area contributed by atoms with Gasteiger partial charge in [-0.15, -0.1) is 0 Å². The van der Waals surface area contributed by atoms with Crippen LogP contribution < -0.4 is 5.73 Å². The lowest BCUT2D eigenvalue weighted by molar-refractivity contribution is 0.619. The number of oxazole rings is 1. The van der Waals surface area contributed by atoms with Crippen LogP contribution in [-0.2, 0) is 13.5 Å². The predicted molar refractivity (Wildman–Crippen MR) is 70.0 cm³/mol. The minimum Gasteiger partial charge on any atom is -0.436 e. The van der Waals surface area contributed by atoms with Gasteiger partial charge in [-0.1, -0.05) is 6.92 Å². The van der Waals surface area contributed by atoms with Gasteiger partial charge in [-0.2, -0.15) is 5.10 Å². The van der Waals surface area contributed by atoms with Crippen molar-refractivity contribution in [3.05, 3.63) is 30.1 Å². The van der Waals surface area contributed by atoms with Crippen LogP contribution in [0.1, 0.15) is 12.6 Å². The number of rotatable bonds is 2. The van der Waals surface area contributed by atoms with E-state index >= 15 is 0 Å². The Hall–Kier alpha value is -2.30. The highest BCUT2D eigenvalue weighted by molar-refractivity contribution is 5.79. The molecule has 0 aliphatic rings. The highest BCUT2D eigenvalue weighted by Gasteiger charge is 2.14. The van der Waals surface area contributed by atoms with E-state index < -0.39 is 0 Å². The van der Waals surface area contributed by atoms with E-state index in [-0.39, 0.29) is 0 Å². The van der Waals surface area contributed by atoms with Gasteiger partial charge < -0.3 is 10.2 Å². The summed E-state index contributed by atoms with van der Waals surface area (Å²) in [6.07, 6.45) is 2.77. The van der Waals surface area contributed by atoms with Crippen molar-refractivity contribution in [2.45, 2.75) is 13.3 Å². The van der Waals surface area contributed by atoms with Crippen LogP contribution in [0.2, 0.25) is 0 Å². The van der Waals surface area contributed by atoms with E-state index in [0.717, 1.165) is 28.8 Å². The maximum absolute atomic E-state index is 5.74. The third-order valence-electron chi connectivity index (χ3n) is 2.88. The van der Waals surface area contributed by atoms with Gasteiger partial charge in [-0.25, -0.2) is 4.98 Å². The summed E-state index contributed by atoms with van der Waals surface area (Å²) in [5, 5.41) is 4.39. The highest BCUT2D eigenvalue weighted by atomic mass is 16.3. The number of hydrogen-bond acceptors (Lipinski definition) is 4. The fourth-order valence-electron chi connectivity index (χ4n) is 2.03. The van der Waals surface area contributed by atoms with Crippen LogP contribution in [0.5, 0.6) is 0 Å². The van der Waals surface area contributed by atoms with Crippen LogP contribution in [-0.4, -0.2) is 14.8 Å². The normalized spacial score (nSPS) is 11.2. The Morgan fingerprint density at radius 3 is 3.00 bits per heavy atom. The van der Waals surface area contributed by atoms with Crippen molar-refractivity contribution in [2.24, 2.45) is 7.05 Å². The Bertz CT molecular complexity index is 711. The average Bonchev–Trinajstić information content (AvgIpc) is 2.91. The second-order valence-electron chi connectivity index (χ2n) is 4.26. The zero-order chi connectivity index (χ0) is 12.7. The lowest BCUT2D eigenvalue weighted by Crippen LogP contribution is -1.89. The van der Waals surface area contributed by atoms with E-state index in [9.17, 15) is 0 Å². The van der Waals surface area contributed by atoms with Crippen molar-refractivity contribution in [1.82, 2.24) is 14.8 Å². The van der Waals surface area contributed by atoms with Gasteiger partial charge in [-0.3, -0.25) is 4.68 Å². The number of nitrogen functional groups attached to an aromatic ring is 1. The van der Waals surface area contributed by atoms with Crippen LogP contribution in [0.3, 0.4) is 0 Å². The summed E-state index contributed by atoms with van der Waals surface area (Å²) in [5.41, 5.74) is 9.86. The standard InChI is InChI=1S/C13H14N4O/c1-3-10-9(7-17(2)16-10)13-15-11-6-8(14)4-5-12(11)18-13/h4-7H,3,14H2,1-2H3.